The molecule has 0 aromatic rings. The lowest BCUT2D eigenvalue weighted by Gasteiger charge is -2.36. The van der Waals surface area contributed by atoms with Crippen LogP contribution < -0.4 is 0 Å². The molecule has 0 saturated carbocycles. The van der Waals surface area contributed by atoms with Crippen LogP contribution in [0, 0.1) is 0 Å². The first kappa shape index (κ1) is 9.54. The molecule has 12 heavy (non-hydrogen) atoms. The molecule has 0 aromatic carbocycles. The van der Waals surface area contributed by atoms with Crippen LogP contribution in [0.3, 0.4) is 0 Å². The molecule has 1 atom stereocenters. The van der Waals surface area contributed by atoms with Gasteiger partial charge >= 0.3 is 5.97 Å². The second-order valence-electron chi connectivity index (χ2n) is 3.28. The topological polar surface area (TPSA) is 32.8 Å². The maximum atomic E-state index is 11.2. The highest BCUT2D eigenvalue weighted by Crippen LogP contribution is 2.06. The maximum absolute atomic E-state index is 11.2. The van der Waals surface area contributed by atoms with Crippen LogP contribution >= 0.6 is 0 Å². The van der Waals surface area contributed by atoms with E-state index in [0.29, 0.717) is 0 Å². The van der Waals surface area contributed by atoms with Crippen LogP contribution in [0.25, 0.3) is 0 Å². The van der Waals surface area contributed by atoms with Gasteiger partial charge in [-0.1, -0.05) is 0 Å². The van der Waals surface area contributed by atoms with Crippen LogP contribution in [-0.4, -0.2) is 63.5 Å². The third kappa shape index (κ3) is 1.98. The van der Waals surface area contributed by atoms with Gasteiger partial charge in [-0.15, -0.1) is 0 Å². The molecule has 1 saturated heterocycles. The average molecular weight is 170 g/mol. The van der Waals surface area contributed by atoms with Crippen molar-refractivity contribution in [2.75, 3.05) is 33.8 Å². The fourth-order valence-electron chi connectivity index (χ4n) is 1.40. The second kappa shape index (κ2) is 3.91. The summed E-state index contributed by atoms with van der Waals surface area (Å²) in [6, 6.07) is -0.0891. The van der Waals surface area contributed by atoms with E-state index in [0.717, 1.165) is 19.6 Å². The van der Waals surface area contributed by atoms with Gasteiger partial charge in [0.2, 0.25) is 0 Å². The minimum atomic E-state index is -0.135. The van der Waals surface area contributed by atoms with Crippen LogP contribution in [0.1, 0.15) is 0 Å². The summed E-state index contributed by atoms with van der Waals surface area (Å²) in [5.41, 5.74) is 0. The Kier molecular flexibility index (Phi) is 3.11. The highest BCUT2D eigenvalue weighted by atomic mass is 16.5. The quantitative estimate of drug-likeness (QED) is 0.347. The molecule has 0 radical (unpaired) electrons. The average Bonchev–Trinajstić information content (AvgIpc) is 2.08. The zero-order valence-corrected chi connectivity index (χ0v) is 7.91. The van der Waals surface area contributed by atoms with Crippen molar-refractivity contribution in [3.63, 3.8) is 0 Å². The zero-order valence-electron chi connectivity index (χ0n) is 7.91. The molecular formula is C7H15BN2O2. The Morgan fingerprint density at radius 2 is 2.25 bits per heavy atom. The number of hydrogen-bond donors (Lipinski definition) is 0. The van der Waals surface area contributed by atoms with Gasteiger partial charge in [0.25, 0.3) is 0 Å². The summed E-state index contributed by atoms with van der Waals surface area (Å²) in [4.78, 5) is 15.4. The van der Waals surface area contributed by atoms with Crippen molar-refractivity contribution < 1.29 is 9.53 Å². The number of piperazine rings is 1. The predicted molar refractivity (Wildman–Crippen MR) is 48.6 cm³/mol. The highest BCUT2D eigenvalue weighted by Gasteiger charge is 2.28. The highest BCUT2D eigenvalue weighted by molar-refractivity contribution is 6.04. The number of nitrogens with zero attached hydrogens (tertiary/aromatic N) is 2. The standard InChI is InChI=1S/C7H15BN2O2/c1-9-3-4-10(8)5-6(9)7(11)12-2/h6H,3-5,8H2,1-2H3. The smallest absolute Gasteiger partial charge is 0.324 e. The number of hydrogen-bond acceptors (Lipinski definition) is 4. The Morgan fingerprint density at radius 3 is 2.83 bits per heavy atom. The summed E-state index contributed by atoms with van der Waals surface area (Å²) in [5.74, 6) is -0.135. The number of carbonyl (C=O) groups excluding carboxylic acids is 1. The maximum Gasteiger partial charge on any atom is 0.324 e. The Balaban J connectivity index is 2.54. The van der Waals surface area contributed by atoms with Crippen molar-refractivity contribution in [3.8, 4) is 0 Å². The molecule has 1 aliphatic rings. The van der Waals surface area contributed by atoms with E-state index in [1.165, 1.54) is 7.11 Å². The normalized spacial score (nSPS) is 27.0. The molecule has 1 fully saturated rings. The largest absolute Gasteiger partial charge is 0.468 e. The van der Waals surface area contributed by atoms with Gasteiger partial charge in [0.1, 0.15) is 6.04 Å². The lowest BCUT2D eigenvalue weighted by atomic mass is 10.1. The van der Waals surface area contributed by atoms with Crippen molar-refractivity contribution >= 4 is 14.0 Å². The van der Waals surface area contributed by atoms with Crippen LogP contribution in [0.15, 0.2) is 0 Å². The van der Waals surface area contributed by atoms with Crippen molar-refractivity contribution in [1.82, 2.24) is 9.71 Å². The van der Waals surface area contributed by atoms with Gasteiger partial charge < -0.3 is 9.55 Å². The van der Waals surface area contributed by atoms with Crippen molar-refractivity contribution in [2.24, 2.45) is 0 Å². The Bertz CT molecular complexity index is 177. The fourth-order valence-corrected chi connectivity index (χ4v) is 1.40. The van der Waals surface area contributed by atoms with E-state index < -0.39 is 0 Å². The van der Waals surface area contributed by atoms with E-state index in [9.17, 15) is 4.79 Å². The third-order valence-corrected chi connectivity index (χ3v) is 2.32. The van der Waals surface area contributed by atoms with Gasteiger partial charge in [-0.3, -0.25) is 9.69 Å². The number of likely N-dealkylation sites (N-methyl/N-ethyl adjacent to an activating group) is 1. The van der Waals surface area contributed by atoms with E-state index >= 15 is 0 Å². The van der Waals surface area contributed by atoms with E-state index in [-0.39, 0.29) is 12.0 Å². The second-order valence-corrected chi connectivity index (χ2v) is 3.28. The van der Waals surface area contributed by atoms with Crippen molar-refractivity contribution in [3.05, 3.63) is 0 Å². The third-order valence-electron chi connectivity index (χ3n) is 2.32. The van der Waals surface area contributed by atoms with E-state index in [1.54, 1.807) is 0 Å². The Hall–Kier alpha value is -0.545. The van der Waals surface area contributed by atoms with E-state index in [2.05, 4.69) is 4.81 Å². The predicted octanol–water partition coefficient (Wildman–Crippen LogP) is -1.68. The molecule has 4 nitrogen and oxygen atoms in total. The first-order valence-electron chi connectivity index (χ1n) is 4.11. The lowest BCUT2D eigenvalue weighted by molar-refractivity contribution is -0.147. The minimum absolute atomic E-state index is 0.0891. The molecule has 1 aliphatic heterocycles. The molecule has 68 valence electrons. The summed E-state index contributed by atoms with van der Waals surface area (Å²) < 4.78 is 4.70. The molecule has 1 heterocycles. The summed E-state index contributed by atoms with van der Waals surface area (Å²) >= 11 is 0. The van der Waals surface area contributed by atoms with Gasteiger partial charge in [0.15, 0.2) is 7.98 Å². The van der Waals surface area contributed by atoms with Gasteiger partial charge in [-0.2, -0.15) is 0 Å². The van der Waals surface area contributed by atoms with Gasteiger partial charge in [0, 0.05) is 13.1 Å². The monoisotopic (exact) mass is 170 g/mol. The summed E-state index contributed by atoms with van der Waals surface area (Å²) in [7, 11) is 5.41. The summed E-state index contributed by atoms with van der Waals surface area (Å²) in [6.45, 7) is 2.71. The fraction of sp³-hybridized carbons (Fsp3) is 0.857. The molecule has 0 N–H and O–H groups in total. The number of esters is 1. The SMILES string of the molecule is BN1CCN(C)C(C(=O)OC)C1. The summed E-state index contributed by atoms with van der Waals surface area (Å²) in [6.07, 6.45) is 0. The van der Waals surface area contributed by atoms with Crippen molar-refractivity contribution in [2.45, 2.75) is 6.04 Å². The molecule has 1 unspecified atom stereocenters. The number of carbonyl (C=O) groups is 1. The van der Waals surface area contributed by atoms with Crippen LogP contribution in [0.4, 0.5) is 0 Å². The van der Waals surface area contributed by atoms with Crippen LogP contribution in [0.5, 0.6) is 0 Å². The number of methoxy groups -OCH3 is 1. The van der Waals surface area contributed by atoms with Crippen LogP contribution in [-0.2, 0) is 9.53 Å². The lowest BCUT2D eigenvalue weighted by Crippen LogP contribution is -2.54. The number of rotatable bonds is 1. The molecule has 0 amide bonds. The Morgan fingerprint density at radius 1 is 1.58 bits per heavy atom. The molecule has 0 bridgehead atoms. The minimum Gasteiger partial charge on any atom is -0.468 e. The van der Waals surface area contributed by atoms with E-state index in [4.69, 9.17) is 4.74 Å². The van der Waals surface area contributed by atoms with Gasteiger partial charge in [-0.05, 0) is 13.6 Å². The summed E-state index contributed by atoms with van der Waals surface area (Å²) in [5, 5.41) is 0. The molecule has 0 spiro atoms. The molecular weight excluding hydrogens is 155 g/mol. The molecule has 0 aliphatic carbocycles. The molecule has 5 heteroatoms. The van der Waals surface area contributed by atoms with Crippen molar-refractivity contribution in [1.29, 1.82) is 0 Å². The zero-order chi connectivity index (χ0) is 9.14. The first-order valence-corrected chi connectivity index (χ1v) is 4.11. The van der Waals surface area contributed by atoms with Gasteiger partial charge in [-0.25, -0.2) is 0 Å². The van der Waals surface area contributed by atoms with Gasteiger partial charge in [0.05, 0.1) is 7.11 Å². The van der Waals surface area contributed by atoms with E-state index in [1.807, 2.05) is 19.9 Å². The number of ether oxygens (including phenoxy) is 1. The van der Waals surface area contributed by atoms with Crippen LogP contribution in [0.2, 0.25) is 0 Å². The first-order chi connectivity index (χ1) is 5.65. The molecule has 1 rings (SSSR count). The molecule has 0 aromatic heterocycles. The Labute approximate surface area is 73.9 Å².